The number of carbonyl (C=O) groups excluding carboxylic acids is 1. The molecule has 0 spiro atoms. The lowest BCUT2D eigenvalue weighted by molar-refractivity contribution is -0.119. The average Bonchev–Trinajstić information content (AvgIpc) is 2.77. The molecule has 7 heteroatoms. The van der Waals surface area contributed by atoms with Crippen LogP contribution in [0.4, 0.5) is 5.69 Å². The number of anilines is 1. The van der Waals surface area contributed by atoms with Gasteiger partial charge in [0.05, 0.1) is 17.2 Å². The first-order valence-corrected chi connectivity index (χ1v) is 11.9. The Morgan fingerprint density at radius 1 is 0.938 bits per heavy atom. The summed E-state index contributed by atoms with van der Waals surface area (Å²) < 4.78 is 33.5. The molecule has 0 saturated carbocycles. The van der Waals surface area contributed by atoms with Gasteiger partial charge in [-0.05, 0) is 68.3 Å². The van der Waals surface area contributed by atoms with Gasteiger partial charge in [-0.25, -0.2) is 8.42 Å². The molecule has 32 heavy (non-hydrogen) atoms. The predicted octanol–water partition coefficient (Wildman–Crippen LogP) is 4.21. The Morgan fingerprint density at radius 2 is 1.66 bits per heavy atom. The smallest absolute Gasteiger partial charge is 0.264 e. The molecule has 0 aliphatic carbocycles. The van der Waals surface area contributed by atoms with Gasteiger partial charge in [-0.3, -0.25) is 9.10 Å². The molecule has 1 N–H and O–H groups in total. The maximum Gasteiger partial charge on any atom is 0.264 e. The molecule has 0 unspecified atom stereocenters. The maximum atomic E-state index is 13.4. The van der Waals surface area contributed by atoms with E-state index in [1.165, 1.54) is 0 Å². The molecule has 3 aromatic rings. The molecular weight excluding hydrogens is 424 g/mol. The summed E-state index contributed by atoms with van der Waals surface area (Å²) in [5, 5.41) is 2.82. The first-order valence-electron chi connectivity index (χ1n) is 10.4. The van der Waals surface area contributed by atoms with Gasteiger partial charge in [0.25, 0.3) is 10.0 Å². The Bertz CT molecular complexity index is 1170. The summed E-state index contributed by atoms with van der Waals surface area (Å²) in [6.07, 6.45) is 0. The molecule has 0 aromatic heterocycles. The highest BCUT2D eigenvalue weighted by atomic mass is 32.2. The second-order valence-electron chi connectivity index (χ2n) is 7.52. The van der Waals surface area contributed by atoms with Crippen LogP contribution in [-0.4, -0.2) is 27.5 Å². The van der Waals surface area contributed by atoms with E-state index in [9.17, 15) is 13.2 Å². The van der Waals surface area contributed by atoms with Gasteiger partial charge in [0, 0.05) is 6.54 Å². The van der Waals surface area contributed by atoms with Gasteiger partial charge >= 0.3 is 0 Å². The molecule has 0 bridgehead atoms. The van der Waals surface area contributed by atoms with E-state index in [2.05, 4.69) is 5.32 Å². The van der Waals surface area contributed by atoms with Crippen LogP contribution in [0.25, 0.3) is 0 Å². The van der Waals surface area contributed by atoms with Crippen LogP contribution in [-0.2, 0) is 21.4 Å². The minimum atomic E-state index is -3.93. The van der Waals surface area contributed by atoms with Crippen molar-refractivity contribution in [2.45, 2.75) is 32.2 Å². The largest absolute Gasteiger partial charge is 0.494 e. The summed E-state index contributed by atoms with van der Waals surface area (Å²) >= 11 is 0. The maximum absolute atomic E-state index is 13.4. The van der Waals surface area contributed by atoms with Crippen LogP contribution in [0.5, 0.6) is 5.75 Å². The highest BCUT2D eigenvalue weighted by molar-refractivity contribution is 7.92. The van der Waals surface area contributed by atoms with E-state index in [-0.39, 0.29) is 18.0 Å². The zero-order chi connectivity index (χ0) is 23.1. The molecule has 0 aliphatic rings. The lowest BCUT2D eigenvalue weighted by Crippen LogP contribution is -2.40. The lowest BCUT2D eigenvalue weighted by Gasteiger charge is -2.24. The SMILES string of the molecule is CCOc1cccc(CNC(=O)CN(c2cccc(C)c2)S(=O)(=O)c2ccc(C)cc2)c1. The summed E-state index contributed by atoms with van der Waals surface area (Å²) in [5.41, 5.74) is 3.17. The number of sulfonamides is 1. The van der Waals surface area contributed by atoms with Crippen molar-refractivity contribution in [3.8, 4) is 5.75 Å². The third-order valence-electron chi connectivity index (χ3n) is 4.88. The molecule has 0 fully saturated rings. The molecule has 168 valence electrons. The van der Waals surface area contributed by atoms with Crippen molar-refractivity contribution >= 4 is 21.6 Å². The van der Waals surface area contributed by atoms with Crippen LogP contribution in [0.3, 0.4) is 0 Å². The quantitative estimate of drug-likeness (QED) is 0.528. The molecule has 6 nitrogen and oxygen atoms in total. The number of ether oxygens (including phenoxy) is 1. The number of hydrogen-bond donors (Lipinski definition) is 1. The Morgan fingerprint density at radius 3 is 2.34 bits per heavy atom. The third kappa shape index (κ3) is 5.88. The van der Waals surface area contributed by atoms with Crippen LogP contribution < -0.4 is 14.4 Å². The second kappa shape index (κ2) is 10.3. The number of nitrogens with zero attached hydrogens (tertiary/aromatic N) is 1. The Balaban J connectivity index is 1.82. The fraction of sp³-hybridized carbons (Fsp3) is 0.240. The molecule has 0 aliphatic heterocycles. The van der Waals surface area contributed by atoms with Crippen molar-refractivity contribution in [1.29, 1.82) is 0 Å². The van der Waals surface area contributed by atoms with E-state index in [4.69, 9.17) is 4.74 Å². The van der Waals surface area contributed by atoms with Crippen LogP contribution in [0.1, 0.15) is 23.6 Å². The highest BCUT2D eigenvalue weighted by Crippen LogP contribution is 2.24. The van der Waals surface area contributed by atoms with Gasteiger partial charge < -0.3 is 10.1 Å². The van der Waals surface area contributed by atoms with Crippen molar-refractivity contribution in [2.75, 3.05) is 17.5 Å². The summed E-state index contributed by atoms with van der Waals surface area (Å²) in [6, 6.07) is 21.1. The Labute approximate surface area is 189 Å². The van der Waals surface area contributed by atoms with Crippen molar-refractivity contribution in [1.82, 2.24) is 5.32 Å². The summed E-state index contributed by atoms with van der Waals surface area (Å²) in [6.45, 7) is 6.17. The van der Waals surface area contributed by atoms with E-state index in [0.29, 0.717) is 12.3 Å². The molecule has 3 aromatic carbocycles. The fourth-order valence-corrected chi connectivity index (χ4v) is 4.65. The van der Waals surface area contributed by atoms with Crippen molar-refractivity contribution in [3.05, 3.63) is 89.5 Å². The van der Waals surface area contributed by atoms with Gasteiger partial charge in [-0.2, -0.15) is 0 Å². The Kier molecular flexibility index (Phi) is 7.53. The van der Waals surface area contributed by atoms with Crippen molar-refractivity contribution < 1.29 is 17.9 Å². The summed E-state index contributed by atoms with van der Waals surface area (Å²) in [5.74, 6) is 0.326. The van der Waals surface area contributed by atoms with E-state index < -0.39 is 15.9 Å². The number of benzene rings is 3. The fourth-order valence-electron chi connectivity index (χ4n) is 3.23. The predicted molar refractivity (Wildman–Crippen MR) is 126 cm³/mol. The molecule has 3 rings (SSSR count). The Hall–Kier alpha value is -3.32. The number of amides is 1. The standard InChI is InChI=1S/C25H28N2O4S/c1-4-31-23-10-6-8-21(16-23)17-26-25(28)18-27(22-9-5-7-20(3)15-22)32(29,30)24-13-11-19(2)12-14-24/h5-16H,4,17-18H2,1-3H3,(H,26,28). The van der Waals surface area contributed by atoms with E-state index in [1.54, 1.807) is 42.5 Å². The molecule has 0 atom stereocenters. The lowest BCUT2D eigenvalue weighted by atomic mass is 10.2. The number of hydrogen-bond acceptors (Lipinski definition) is 4. The summed E-state index contributed by atoms with van der Waals surface area (Å²) in [4.78, 5) is 12.9. The van der Waals surface area contributed by atoms with Gasteiger partial charge in [-0.15, -0.1) is 0 Å². The van der Waals surface area contributed by atoms with Crippen LogP contribution in [0, 0.1) is 13.8 Å². The second-order valence-corrected chi connectivity index (χ2v) is 9.38. The van der Waals surface area contributed by atoms with Gasteiger partial charge in [-0.1, -0.05) is 42.0 Å². The van der Waals surface area contributed by atoms with Crippen LogP contribution in [0.15, 0.2) is 77.7 Å². The number of aryl methyl sites for hydroxylation is 2. The first kappa shape index (κ1) is 23.3. The topological polar surface area (TPSA) is 75.7 Å². The highest BCUT2D eigenvalue weighted by Gasteiger charge is 2.27. The number of carbonyl (C=O) groups is 1. The average molecular weight is 453 g/mol. The first-order chi connectivity index (χ1) is 15.3. The van der Waals surface area contributed by atoms with Gasteiger partial charge in [0.1, 0.15) is 12.3 Å². The van der Waals surface area contributed by atoms with Crippen LogP contribution in [0.2, 0.25) is 0 Å². The normalized spacial score (nSPS) is 11.1. The summed E-state index contributed by atoms with van der Waals surface area (Å²) in [7, 11) is -3.93. The zero-order valence-electron chi connectivity index (χ0n) is 18.5. The van der Waals surface area contributed by atoms with E-state index in [1.807, 2.05) is 51.1 Å². The number of rotatable bonds is 9. The molecule has 0 radical (unpaired) electrons. The van der Waals surface area contributed by atoms with Crippen molar-refractivity contribution in [3.63, 3.8) is 0 Å². The minimum absolute atomic E-state index is 0.141. The van der Waals surface area contributed by atoms with Crippen LogP contribution >= 0.6 is 0 Å². The van der Waals surface area contributed by atoms with Gasteiger partial charge in [0.2, 0.25) is 5.91 Å². The molecular formula is C25H28N2O4S. The number of nitrogens with one attached hydrogen (secondary N) is 1. The zero-order valence-corrected chi connectivity index (χ0v) is 19.4. The third-order valence-corrected chi connectivity index (χ3v) is 6.67. The van der Waals surface area contributed by atoms with E-state index in [0.717, 1.165) is 26.7 Å². The minimum Gasteiger partial charge on any atom is -0.494 e. The van der Waals surface area contributed by atoms with Gasteiger partial charge in [0.15, 0.2) is 0 Å². The molecule has 0 saturated heterocycles. The monoisotopic (exact) mass is 452 g/mol. The molecule has 1 amide bonds. The van der Waals surface area contributed by atoms with Crippen molar-refractivity contribution in [2.24, 2.45) is 0 Å². The van der Waals surface area contributed by atoms with E-state index >= 15 is 0 Å². The molecule has 0 heterocycles.